The van der Waals surface area contributed by atoms with Crippen molar-refractivity contribution in [3.05, 3.63) is 59.2 Å². The lowest BCUT2D eigenvalue weighted by Gasteiger charge is -2.36. The lowest BCUT2D eigenvalue weighted by Crippen LogP contribution is -2.48. The van der Waals surface area contributed by atoms with Crippen LogP contribution in [-0.4, -0.2) is 62.5 Å². The van der Waals surface area contributed by atoms with Crippen LogP contribution in [0.1, 0.15) is 27.9 Å². The van der Waals surface area contributed by atoms with Gasteiger partial charge >= 0.3 is 5.97 Å². The van der Waals surface area contributed by atoms with Crippen molar-refractivity contribution in [3.8, 4) is 0 Å². The van der Waals surface area contributed by atoms with Crippen LogP contribution in [0.25, 0.3) is 0 Å². The molecule has 2 aromatic rings. The molecule has 2 heterocycles. The standard InChI is InChI=1S/C25H29N3O4/c1-17-11-18(2)13-22(12-17)26-7-9-27(10-8-26)24(30)19-5-4-6-21(14-19)28-16-20(15-23(28)29)25(31)32-3/h4-6,11-14,20H,7-10,15-16H2,1-3H3. The first kappa shape index (κ1) is 21.9. The number of methoxy groups -OCH3 is 1. The maximum Gasteiger partial charge on any atom is 0.311 e. The maximum atomic E-state index is 13.1. The number of hydrogen-bond donors (Lipinski definition) is 0. The fourth-order valence-corrected chi connectivity index (χ4v) is 4.57. The van der Waals surface area contributed by atoms with Gasteiger partial charge in [-0.05, 0) is 55.3 Å². The molecule has 4 rings (SSSR count). The number of esters is 1. The van der Waals surface area contributed by atoms with Crippen molar-refractivity contribution in [3.63, 3.8) is 0 Å². The van der Waals surface area contributed by atoms with Crippen molar-refractivity contribution in [1.29, 1.82) is 0 Å². The molecule has 1 unspecified atom stereocenters. The molecular weight excluding hydrogens is 406 g/mol. The van der Waals surface area contributed by atoms with Gasteiger partial charge in [0.05, 0.1) is 13.0 Å². The second-order valence-corrected chi connectivity index (χ2v) is 8.60. The Morgan fingerprint density at radius 2 is 1.62 bits per heavy atom. The number of aryl methyl sites for hydroxylation is 2. The monoisotopic (exact) mass is 435 g/mol. The summed E-state index contributed by atoms with van der Waals surface area (Å²) < 4.78 is 4.78. The highest BCUT2D eigenvalue weighted by molar-refractivity contribution is 6.01. The van der Waals surface area contributed by atoms with Crippen molar-refractivity contribution in [2.45, 2.75) is 20.3 Å². The normalized spacial score (nSPS) is 18.8. The number of benzene rings is 2. The molecule has 0 aliphatic carbocycles. The number of piperazine rings is 1. The Labute approximate surface area is 188 Å². The molecule has 1 atom stereocenters. The molecule has 2 saturated heterocycles. The average molecular weight is 436 g/mol. The van der Waals surface area contributed by atoms with Gasteiger partial charge in [0.25, 0.3) is 5.91 Å². The van der Waals surface area contributed by atoms with Crippen LogP contribution in [0, 0.1) is 19.8 Å². The predicted molar refractivity (Wildman–Crippen MR) is 123 cm³/mol. The first-order valence-corrected chi connectivity index (χ1v) is 11.0. The summed E-state index contributed by atoms with van der Waals surface area (Å²) in [5, 5.41) is 0. The van der Waals surface area contributed by atoms with Crippen molar-refractivity contribution in [1.82, 2.24) is 4.90 Å². The summed E-state index contributed by atoms with van der Waals surface area (Å²) in [5.41, 5.74) is 4.87. The van der Waals surface area contributed by atoms with Crippen LogP contribution in [0.3, 0.4) is 0 Å². The van der Waals surface area contributed by atoms with E-state index in [1.807, 2.05) is 4.90 Å². The lowest BCUT2D eigenvalue weighted by molar-refractivity contribution is -0.145. The third kappa shape index (κ3) is 4.47. The average Bonchev–Trinajstić information content (AvgIpc) is 3.19. The van der Waals surface area contributed by atoms with Crippen LogP contribution in [0.2, 0.25) is 0 Å². The van der Waals surface area contributed by atoms with E-state index in [0.717, 1.165) is 13.1 Å². The van der Waals surface area contributed by atoms with E-state index in [-0.39, 0.29) is 30.7 Å². The zero-order valence-electron chi connectivity index (χ0n) is 18.8. The Morgan fingerprint density at radius 1 is 0.938 bits per heavy atom. The first-order valence-electron chi connectivity index (χ1n) is 11.0. The second kappa shape index (κ2) is 9.02. The highest BCUT2D eigenvalue weighted by Crippen LogP contribution is 2.27. The topological polar surface area (TPSA) is 70.2 Å². The van der Waals surface area contributed by atoms with Gasteiger partial charge in [-0.25, -0.2) is 0 Å². The zero-order chi connectivity index (χ0) is 22.8. The van der Waals surface area contributed by atoms with Crippen LogP contribution in [0.5, 0.6) is 0 Å². The lowest BCUT2D eigenvalue weighted by atomic mass is 10.1. The molecule has 2 amide bonds. The zero-order valence-corrected chi connectivity index (χ0v) is 18.8. The summed E-state index contributed by atoms with van der Waals surface area (Å²) >= 11 is 0. The highest BCUT2D eigenvalue weighted by atomic mass is 16.5. The van der Waals surface area contributed by atoms with Crippen LogP contribution in [0.15, 0.2) is 42.5 Å². The van der Waals surface area contributed by atoms with Gasteiger partial charge in [-0.2, -0.15) is 0 Å². The molecule has 0 spiro atoms. The van der Waals surface area contributed by atoms with Gasteiger partial charge < -0.3 is 19.4 Å². The smallest absolute Gasteiger partial charge is 0.311 e. The molecule has 7 heteroatoms. The quantitative estimate of drug-likeness (QED) is 0.691. The van der Waals surface area contributed by atoms with Crippen molar-refractivity contribution >= 4 is 29.2 Å². The van der Waals surface area contributed by atoms with Crippen LogP contribution in [-0.2, 0) is 14.3 Å². The molecular formula is C25H29N3O4. The Morgan fingerprint density at radius 3 is 2.28 bits per heavy atom. The van der Waals surface area contributed by atoms with E-state index in [9.17, 15) is 14.4 Å². The number of carbonyl (C=O) groups excluding carboxylic acids is 3. The highest BCUT2D eigenvalue weighted by Gasteiger charge is 2.36. The summed E-state index contributed by atoms with van der Waals surface area (Å²) in [6.45, 7) is 7.31. The summed E-state index contributed by atoms with van der Waals surface area (Å²) in [5.74, 6) is -1.02. The van der Waals surface area contributed by atoms with Gasteiger partial charge in [-0.1, -0.05) is 12.1 Å². The fourth-order valence-electron chi connectivity index (χ4n) is 4.57. The molecule has 2 aliphatic heterocycles. The molecule has 2 aliphatic rings. The summed E-state index contributed by atoms with van der Waals surface area (Å²) in [6.07, 6.45) is 0.130. The molecule has 0 bridgehead atoms. The Hall–Kier alpha value is -3.35. The minimum atomic E-state index is -0.467. The van der Waals surface area contributed by atoms with Gasteiger partial charge in [0.1, 0.15) is 0 Å². The molecule has 0 aromatic heterocycles. The Bertz CT molecular complexity index is 1020. The van der Waals surface area contributed by atoms with E-state index >= 15 is 0 Å². The number of ether oxygens (including phenoxy) is 1. The number of rotatable bonds is 4. The van der Waals surface area contributed by atoms with Crippen LogP contribution >= 0.6 is 0 Å². The van der Waals surface area contributed by atoms with Gasteiger partial charge in [0, 0.05) is 56.1 Å². The summed E-state index contributed by atoms with van der Waals surface area (Å²) in [4.78, 5) is 43.1. The Balaban J connectivity index is 1.42. The Kier molecular flexibility index (Phi) is 6.17. The second-order valence-electron chi connectivity index (χ2n) is 8.60. The molecule has 2 fully saturated rings. The van der Waals surface area contributed by atoms with E-state index < -0.39 is 5.92 Å². The van der Waals surface area contributed by atoms with Gasteiger partial charge in [0.2, 0.25) is 5.91 Å². The summed E-state index contributed by atoms with van der Waals surface area (Å²) in [6, 6.07) is 13.6. The van der Waals surface area contributed by atoms with E-state index in [1.54, 1.807) is 29.2 Å². The van der Waals surface area contributed by atoms with Crippen molar-refractivity contribution in [2.24, 2.45) is 5.92 Å². The van der Waals surface area contributed by atoms with Crippen LogP contribution < -0.4 is 9.80 Å². The van der Waals surface area contributed by atoms with Gasteiger partial charge in [-0.3, -0.25) is 14.4 Å². The molecule has 0 N–H and O–H groups in total. The van der Waals surface area contributed by atoms with E-state index in [1.165, 1.54) is 23.9 Å². The van der Waals surface area contributed by atoms with Gasteiger partial charge in [0.15, 0.2) is 0 Å². The number of carbonyl (C=O) groups is 3. The molecule has 2 aromatic carbocycles. The molecule has 7 nitrogen and oxygen atoms in total. The fraction of sp³-hybridized carbons (Fsp3) is 0.400. The predicted octanol–water partition coefficient (Wildman–Crippen LogP) is 2.79. The van der Waals surface area contributed by atoms with Crippen LogP contribution in [0.4, 0.5) is 11.4 Å². The molecule has 0 saturated carbocycles. The number of amides is 2. The number of nitrogens with zero attached hydrogens (tertiary/aromatic N) is 3. The number of anilines is 2. The van der Waals surface area contributed by atoms with E-state index in [4.69, 9.17) is 4.74 Å². The first-order chi connectivity index (χ1) is 15.4. The minimum Gasteiger partial charge on any atom is -0.469 e. The van der Waals surface area contributed by atoms with Crippen molar-refractivity contribution in [2.75, 3.05) is 49.6 Å². The largest absolute Gasteiger partial charge is 0.469 e. The minimum absolute atomic E-state index is 0.0388. The molecule has 168 valence electrons. The van der Waals surface area contributed by atoms with Gasteiger partial charge in [-0.15, -0.1) is 0 Å². The van der Waals surface area contributed by atoms with E-state index in [0.29, 0.717) is 24.3 Å². The number of hydrogen-bond acceptors (Lipinski definition) is 5. The molecule has 0 radical (unpaired) electrons. The SMILES string of the molecule is COC(=O)C1CC(=O)N(c2cccc(C(=O)N3CCN(c4cc(C)cc(C)c4)CC3)c2)C1. The van der Waals surface area contributed by atoms with Crippen molar-refractivity contribution < 1.29 is 19.1 Å². The molecule has 32 heavy (non-hydrogen) atoms. The maximum absolute atomic E-state index is 13.1. The van der Waals surface area contributed by atoms with E-state index in [2.05, 4.69) is 36.9 Å². The third-order valence-electron chi connectivity index (χ3n) is 6.20. The third-order valence-corrected chi connectivity index (χ3v) is 6.20. The summed E-state index contributed by atoms with van der Waals surface area (Å²) in [7, 11) is 1.33.